The summed E-state index contributed by atoms with van der Waals surface area (Å²) in [5.74, 6) is -1.03. The Morgan fingerprint density at radius 2 is 2.21 bits per heavy atom. The van der Waals surface area contributed by atoms with E-state index in [1.165, 1.54) is 18.2 Å². The van der Waals surface area contributed by atoms with Crippen molar-refractivity contribution < 1.29 is 19.3 Å². The van der Waals surface area contributed by atoms with Gasteiger partial charge in [0.1, 0.15) is 10.9 Å². The van der Waals surface area contributed by atoms with Gasteiger partial charge in [0, 0.05) is 19.0 Å². The largest absolute Gasteiger partial charge is 0.320 e. The van der Waals surface area contributed by atoms with Crippen molar-refractivity contribution in [2.45, 2.75) is 18.6 Å². The SMILES string of the molecule is C=CCN1C(=O)S[C@@H](CC(=O)Nc2ccc(C)cc2[N+](=O)[O-])C1=O. The van der Waals surface area contributed by atoms with Crippen LogP contribution in [0.1, 0.15) is 12.0 Å². The molecule has 0 unspecified atom stereocenters. The van der Waals surface area contributed by atoms with Crippen LogP contribution in [0.3, 0.4) is 0 Å². The van der Waals surface area contributed by atoms with Crippen molar-refractivity contribution in [3.8, 4) is 0 Å². The summed E-state index contributed by atoms with van der Waals surface area (Å²) in [6, 6.07) is 4.41. The second-order valence-electron chi connectivity index (χ2n) is 5.14. The molecule has 1 aromatic rings. The van der Waals surface area contributed by atoms with Crippen LogP contribution in [0.4, 0.5) is 16.2 Å². The zero-order valence-corrected chi connectivity index (χ0v) is 13.7. The highest BCUT2D eigenvalue weighted by molar-refractivity contribution is 8.15. The normalized spacial score (nSPS) is 17.0. The summed E-state index contributed by atoms with van der Waals surface area (Å²) in [5.41, 5.74) is 0.519. The molecule has 0 aliphatic carbocycles. The lowest BCUT2D eigenvalue weighted by Crippen LogP contribution is -2.33. The maximum Gasteiger partial charge on any atom is 0.293 e. The first-order valence-electron chi connectivity index (χ1n) is 7.01. The van der Waals surface area contributed by atoms with Crippen molar-refractivity contribution in [3.63, 3.8) is 0 Å². The number of imide groups is 1. The van der Waals surface area contributed by atoms with E-state index in [2.05, 4.69) is 11.9 Å². The number of nitro benzene ring substituents is 1. The van der Waals surface area contributed by atoms with Crippen molar-refractivity contribution in [2.24, 2.45) is 0 Å². The van der Waals surface area contributed by atoms with E-state index in [0.29, 0.717) is 5.56 Å². The number of benzene rings is 1. The van der Waals surface area contributed by atoms with Crippen LogP contribution in [0.5, 0.6) is 0 Å². The molecule has 2 rings (SSSR count). The molecule has 1 saturated heterocycles. The number of aryl methyl sites for hydroxylation is 1. The topological polar surface area (TPSA) is 110 Å². The lowest BCUT2D eigenvalue weighted by atomic mass is 10.2. The minimum Gasteiger partial charge on any atom is -0.320 e. The number of carbonyl (C=O) groups excluding carboxylic acids is 3. The van der Waals surface area contributed by atoms with Crippen LogP contribution in [0, 0.1) is 17.0 Å². The fourth-order valence-corrected chi connectivity index (χ4v) is 3.19. The molecule has 0 saturated carbocycles. The zero-order chi connectivity index (χ0) is 17.9. The third kappa shape index (κ3) is 3.80. The quantitative estimate of drug-likeness (QED) is 0.480. The Kier molecular flexibility index (Phi) is 5.35. The van der Waals surface area contributed by atoms with Crippen molar-refractivity contribution in [1.82, 2.24) is 4.90 Å². The molecular weight excluding hydrogens is 334 g/mol. The number of rotatable bonds is 6. The number of nitrogens with zero attached hydrogens (tertiary/aromatic N) is 2. The minimum absolute atomic E-state index is 0.0559. The molecule has 126 valence electrons. The number of anilines is 1. The third-order valence-electron chi connectivity index (χ3n) is 3.31. The Morgan fingerprint density at radius 3 is 2.83 bits per heavy atom. The van der Waals surface area contributed by atoms with Crippen LogP contribution in [0.2, 0.25) is 0 Å². The summed E-state index contributed by atoms with van der Waals surface area (Å²) in [6.45, 7) is 5.26. The molecule has 0 spiro atoms. The van der Waals surface area contributed by atoms with Gasteiger partial charge in [-0.25, -0.2) is 0 Å². The molecule has 0 bridgehead atoms. The lowest BCUT2D eigenvalue weighted by molar-refractivity contribution is -0.384. The first-order chi connectivity index (χ1) is 11.3. The molecule has 9 heteroatoms. The first kappa shape index (κ1) is 17.7. The summed E-state index contributed by atoms with van der Waals surface area (Å²) >= 11 is 0.769. The van der Waals surface area contributed by atoms with E-state index in [0.717, 1.165) is 16.7 Å². The fourth-order valence-electron chi connectivity index (χ4n) is 2.19. The van der Waals surface area contributed by atoms with Gasteiger partial charge in [-0.15, -0.1) is 6.58 Å². The van der Waals surface area contributed by atoms with E-state index in [1.807, 2.05) is 0 Å². The summed E-state index contributed by atoms with van der Waals surface area (Å²) in [6.07, 6.45) is 1.18. The summed E-state index contributed by atoms with van der Waals surface area (Å²) in [5, 5.41) is 12.2. The van der Waals surface area contributed by atoms with Gasteiger partial charge in [-0.05, 0) is 18.6 Å². The van der Waals surface area contributed by atoms with Crippen molar-refractivity contribution in [3.05, 3.63) is 46.5 Å². The predicted octanol–water partition coefficient (Wildman–Crippen LogP) is 2.48. The maximum atomic E-state index is 12.1. The Labute approximate surface area is 142 Å². The van der Waals surface area contributed by atoms with Gasteiger partial charge in [0.25, 0.3) is 10.9 Å². The molecule has 8 nitrogen and oxygen atoms in total. The van der Waals surface area contributed by atoms with Crippen LogP contribution < -0.4 is 5.32 Å². The molecule has 1 aromatic carbocycles. The third-order valence-corrected chi connectivity index (χ3v) is 4.39. The molecule has 0 aromatic heterocycles. The van der Waals surface area contributed by atoms with Gasteiger partial charge in [0.05, 0.1) is 4.92 Å². The maximum absolute atomic E-state index is 12.1. The molecule has 3 amide bonds. The van der Waals surface area contributed by atoms with E-state index >= 15 is 0 Å². The van der Waals surface area contributed by atoms with Crippen LogP contribution in [0.25, 0.3) is 0 Å². The standard InChI is InChI=1S/C15H15N3O5S/c1-3-6-17-14(20)12(24-15(17)21)8-13(19)16-10-5-4-9(2)7-11(10)18(22)23/h3-5,7,12H,1,6,8H2,2H3,(H,16,19)/t12-/m0/s1. The number of hydrogen-bond acceptors (Lipinski definition) is 6. The molecule has 1 fully saturated rings. The van der Waals surface area contributed by atoms with Crippen molar-refractivity contribution >= 4 is 40.2 Å². The molecule has 24 heavy (non-hydrogen) atoms. The second kappa shape index (κ2) is 7.26. The highest BCUT2D eigenvalue weighted by Crippen LogP contribution is 2.30. The number of amides is 3. The Bertz CT molecular complexity index is 734. The smallest absolute Gasteiger partial charge is 0.293 e. The van der Waals surface area contributed by atoms with Gasteiger partial charge in [0.15, 0.2) is 0 Å². The molecule has 1 aliphatic heterocycles. The van der Waals surface area contributed by atoms with Gasteiger partial charge >= 0.3 is 0 Å². The van der Waals surface area contributed by atoms with E-state index in [9.17, 15) is 24.5 Å². The molecule has 0 radical (unpaired) electrons. The molecule has 1 aliphatic rings. The Morgan fingerprint density at radius 1 is 1.50 bits per heavy atom. The van der Waals surface area contributed by atoms with Gasteiger partial charge in [-0.2, -0.15) is 0 Å². The molecule has 1 heterocycles. The lowest BCUT2D eigenvalue weighted by Gasteiger charge is -2.11. The predicted molar refractivity (Wildman–Crippen MR) is 89.8 cm³/mol. The van der Waals surface area contributed by atoms with Crippen LogP contribution >= 0.6 is 11.8 Å². The van der Waals surface area contributed by atoms with Gasteiger partial charge < -0.3 is 5.32 Å². The highest BCUT2D eigenvalue weighted by Gasteiger charge is 2.40. The van der Waals surface area contributed by atoms with E-state index in [4.69, 9.17) is 0 Å². The van der Waals surface area contributed by atoms with E-state index < -0.39 is 27.2 Å². The van der Waals surface area contributed by atoms with Crippen molar-refractivity contribution in [2.75, 3.05) is 11.9 Å². The average molecular weight is 349 g/mol. The number of thioether (sulfide) groups is 1. The number of hydrogen-bond donors (Lipinski definition) is 1. The van der Waals surface area contributed by atoms with Gasteiger partial charge in [0.2, 0.25) is 11.8 Å². The Balaban J connectivity index is 2.07. The summed E-state index contributed by atoms with van der Waals surface area (Å²) in [4.78, 5) is 47.3. The number of nitrogens with one attached hydrogen (secondary N) is 1. The summed E-state index contributed by atoms with van der Waals surface area (Å²) in [7, 11) is 0. The average Bonchev–Trinajstić information content (AvgIpc) is 2.76. The van der Waals surface area contributed by atoms with E-state index in [1.54, 1.807) is 13.0 Å². The van der Waals surface area contributed by atoms with Gasteiger partial charge in [-0.3, -0.25) is 29.4 Å². The fraction of sp³-hybridized carbons (Fsp3) is 0.267. The van der Waals surface area contributed by atoms with Crippen LogP contribution in [-0.4, -0.2) is 38.7 Å². The molecule has 1 N–H and O–H groups in total. The second-order valence-corrected chi connectivity index (χ2v) is 6.29. The van der Waals surface area contributed by atoms with Crippen LogP contribution in [0.15, 0.2) is 30.9 Å². The number of carbonyl (C=O) groups is 3. The van der Waals surface area contributed by atoms with Gasteiger partial charge in [-0.1, -0.05) is 23.9 Å². The molecule has 1 atom stereocenters. The Hall–Kier alpha value is -2.68. The monoisotopic (exact) mass is 349 g/mol. The highest BCUT2D eigenvalue weighted by atomic mass is 32.2. The minimum atomic E-state index is -0.832. The zero-order valence-electron chi connectivity index (χ0n) is 12.9. The number of nitro groups is 1. The van der Waals surface area contributed by atoms with E-state index in [-0.39, 0.29) is 24.3 Å². The summed E-state index contributed by atoms with van der Waals surface area (Å²) < 4.78 is 0. The van der Waals surface area contributed by atoms with Crippen LogP contribution in [-0.2, 0) is 9.59 Å². The molecular formula is C15H15N3O5S. The van der Waals surface area contributed by atoms with Crippen molar-refractivity contribution in [1.29, 1.82) is 0 Å². The first-order valence-corrected chi connectivity index (χ1v) is 7.89.